The van der Waals surface area contributed by atoms with Crippen molar-refractivity contribution in [3.63, 3.8) is 0 Å². The van der Waals surface area contributed by atoms with Gasteiger partial charge in [0.1, 0.15) is 5.01 Å². The van der Waals surface area contributed by atoms with Gasteiger partial charge in [-0.05, 0) is 42.1 Å². The third-order valence-electron chi connectivity index (χ3n) is 3.80. The number of hydrogen-bond donors (Lipinski definition) is 0. The number of aromatic nitrogens is 1. The number of nitrogens with zero attached hydrogens (tertiary/aromatic N) is 1. The lowest BCUT2D eigenvalue weighted by Crippen LogP contribution is -1.82. The molecule has 1 nitrogen and oxygen atoms in total. The summed E-state index contributed by atoms with van der Waals surface area (Å²) in [5.74, 6) is 0. The van der Waals surface area contributed by atoms with E-state index in [1.165, 1.54) is 10.4 Å². The maximum atomic E-state index is 6.39. The molecular formula is C20H13Cl2NS2. The Morgan fingerprint density at radius 3 is 2.40 bits per heavy atom. The monoisotopic (exact) mass is 401 g/mol. The number of rotatable bonds is 3. The molecule has 2 aromatic heterocycles. The Morgan fingerprint density at radius 2 is 1.72 bits per heavy atom. The summed E-state index contributed by atoms with van der Waals surface area (Å²) in [6.07, 6.45) is 0. The van der Waals surface area contributed by atoms with Crippen LogP contribution in [0.3, 0.4) is 0 Å². The van der Waals surface area contributed by atoms with E-state index < -0.39 is 0 Å². The Labute approximate surface area is 164 Å². The molecule has 0 atom stereocenters. The first-order valence-corrected chi connectivity index (χ1v) is 10.1. The van der Waals surface area contributed by atoms with Gasteiger partial charge in [0.25, 0.3) is 0 Å². The van der Waals surface area contributed by atoms with Gasteiger partial charge in [-0.15, -0.1) is 22.7 Å². The third kappa shape index (κ3) is 3.38. The van der Waals surface area contributed by atoms with Crippen molar-refractivity contribution < 1.29 is 0 Å². The van der Waals surface area contributed by atoms with Crippen LogP contribution in [0, 0.1) is 6.92 Å². The fourth-order valence-electron chi connectivity index (χ4n) is 2.59. The minimum atomic E-state index is 0.716. The molecule has 0 aliphatic heterocycles. The Bertz CT molecular complexity index is 1030. The van der Waals surface area contributed by atoms with E-state index in [0.717, 1.165) is 31.7 Å². The van der Waals surface area contributed by atoms with Gasteiger partial charge in [0, 0.05) is 21.0 Å². The lowest BCUT2D eigenvalue weighted by atomic mass is 10.1. The first-order valence-electron chi connectivity index (χ1n) is 7.69. The zero-order chi connectivity index (χ0) is 17.4. The van der Waals surface area contributed by atoms with Crippen molar-refractivity contribution in [2.24, 2.45) is 0 Å². The maximum absolute atomic E-state index is 6.39. The van der Waals surface area contributed by atoms with Crippen LogP contribution in [0.2, 0.25) is 10.0 Å². The Balaban J connectivity index is 1.92. The Morgan fingerprint density at radius 1 is 0.960 bits per heavy atom. The van der Waals surface area contributed by atoms with Crippen molar-refractivity contribution in [2.45, 2.75) is 6.92 Å². The van der Waals surface area contributed by atoms with Crippen LogP contribution < -0.4 is 0 Å². The zero-order valence-corrected chi connectivity index (χ0v) is 16.4. The first kappa shape index (κ1) is 16.8. The third-order valence-corrected chi connectivity index (χ3v) is 6.70. The van der Waals surface area contributed by atoms with Crippen LogP contribution in [0.1, 0.15) is 5.56 Å². The molecule has 4 rings (SSSR count). The van der Waals surface area contributed by atoms with Gasteiger partial charge in [0.15, 0.2) is 0 Å². The molecule has 2 aromatic carbocycles. The molecule has 0 radical (unpaired) electrons. The number of benzene rings is 2. The number of thiophene rings is 1. The van der Waals surface area contributed by atoms with E-state index >= 15 is 0 Å². The van der Waals surface area contributed by atoms with Crippen LogP contribution >= 0.6 is 45.9 Å². The number of thiazole rings is 1. The highest BCUT2D eigenvalue weighted by atomic mass is 35.5. The van der Waals surface area contributed by atoms with Crippen LogP contribution in [-0.4, -0.2) is 4.98 Å². The van der Waals surface area contributed by atoms with E-state index in [4.69, 9.17) is 28.2 Å². The Kier molecular flexibility index (Phi) is 4.65. The fraction of sp³-hybridized carbons (Fsp3) is 0.0500. The highest BCUT2D eigenvalue weighted by molar-refractivity contribution is 7.23. The molecule has 0 spiro atoms. The van der Waals surface area contributed by atoms with Gasteiger partial charge in [-0.2, -0.15) is 0 Å². The molecule has 0 unspecified atom stereocenters. The van der Waals surface area contributed by atoms with Crippen molar-refractivity contribution in [3.8, 4) is 31.6 Å². The number of aryl methyl sites for hydroxylation is 1. The molecule has 0 bridgehead atoms. The van der Waals surface area contributed by atoms with Gasteiger partial charge in [0.05, 0.1) is 15.6 Å². The molecule has 0 N–H and O–H groups in total. The van der Waals surface area contributed by atoms with Gasteiger partial charge < -0.3 is 0 Å². The predicted molar refractivity (Wildman–Crippen MR) is 111 cm³/mol. The molecule has 0 aliphatic carbocycles. The van der Waals surface area contributed by atoms with Crippen LogP contribution in [-0.2, 0) is 0 Å². The van der Waals surface area contributed by atoms with Crippen LogP contribution in [0.25, 0.3) is 31.6 Å². The van der Waals surface area contributed by atoms with Crippen LogP contribution in [0.4, 0.5) is 0 Å². The summed E-state index contributed by atoms with van der Waals surface area (Å²) in [5, 5.41) is 4.53. The van der Waals surface area contributed by atoms with Crippen molar-refractivity contribution in [1.29, 1.82) is 0 Å². The quantitative estimate of drug-likeness (QED) is 0.340. The minimum Gasteiger partial charge on any atom is -0.235 e. The summed E-state index contributed by atoms with van der Waals surface area (Å²) in [6, 6.07) is 17.8. The molecule has 2 heterocycles. The molecule has 124 valence electrons. The van der Waals surface area contributed by atoms with E-state index in [1.807, 2.05) is 48.5 Å². The predicted octanol–water partition coefficient (Wildman–Crippen LogP) is 7.82. The van der Waals surface area contributed by atoms with Crippen molar-refractivity contribution in [2.75, 3.05) is 0 Å². The summed E-state index contributed by atoms with van der Waals surface area (Å²) in [5.41, 5.74) is 4.25. The molecule has 0 saturated carbocycles. The van der Waals surface area contributed by atoms with Gasteiger partial charge >= 0.3 is 0 Å². The standard InChI is InChI=1S/C20H13Cl2NS2/c1-12-10-17(24-11-12)19-18(13-6-8-14(21)9-7-13)23-20(25-19)15-4-2-3-5-16(15)22/h2-11H,1H3. The largest absolute Gasteiger partial charge is 0.235 e. The molecule has 0 fully saturated rings. The lowest BCUT2D eigenvalue weighted by molar-refractivity contribution is 1.40. The topological polar surface area (TPSA) is 12.9 Å². The van der Waals surface area contributed by atoms with E-state index in [9.17, 15) is 0 Å². The number of halogens is 2. The van der Waals surface area contributed by atoms with Gasteiger partial charge in [-0.3, -0.25) is 0 Å². The normalized spacial score (nSPS) is 11.0. The van der Waals surface area contributed by atoms with Gasteiger partial charge in [0.2, 0.25) is 0 Å². The molecule has 25 heavy (non-hydrogen) atoms. The Hall–Kier alpha value is -1.65. The van der Waals surface area contributed by atoms with Crippen molar-refractivity contribution in [1.82, 2.24) is 4.98 Å². The van der Waals surface area contributed by atoms with E-state index in [2.05, 4.69) is 18.4 Å². The van der Waals surface area contributed by atoms with Crippen LogP contribution in [0.15, 0.2) is 60.0 Å². The average Bonchev–Trinajstić information content (AvgIpc) is 3.22. The highest BCUT2D eigenvalue weighted by Gasteiger charge is 2.18. The molecular weight excluding hydrogens is 389 g/mol. The van der Waals surface area contributed by atoms with Crippen molar-refractivity contribution in [3.05, 3.63) is 75.6 Å². The smallest absolute Gasteiger partial charge is 0.126 e. The van der Waals surface area contributed by atoms with E-state index in [0.29, 0.717) is 5.02 Å². The SMILES string of the molecule is Cc1csc(-c2sc(-c3ccccc3Cl)nc2-c2ccc(Cl)cc2)c1. The van der Waals surface area contributed by atoms with Gasteiger partial charge in [-0.25, -0.2) is 4.98 Å². The first-order chi connectivity index (χ1) is 12.1. The molecule has 0 saturated heterocycles. The molecule has 0 aliphatic rings. The average molecular weight is 402 g/mol. The van der Waals surface area contributed by atoms with E-state index in [1.54, 1.807) is 22.7 Å². The second-order valence-electron chi connectivity index (χ2n) is 5.67. The highest BCUT2D eigenvalue weighted by Crippen LogP contribution is 2.44. The second kappa shape index (κ2) is 6.93. The van der Waals surface area contributed by atoms with E-state index in [-0.39, 0.29) is 0 Å². The summed E-state index contributed by atoms with van der Waals surface area (Å²) in [6.45, 7) is 2.11. The molecule has 0 amide bonds. The summed E-state index contributed by atoms with van der Waals surface area (Å²) in [7, 11) is 0. The lowest BCUT2D eigenvalue weighted by Gasteiger charge is -2.01. The summed E-state index contributed by atoms with van der Waals surface area (Å²) < 4.78 is 0. The number of hydrogen-bond acceptors (Lipinski definition) is 3. The summed E-state index contributed by atoms with van der Waals surface area (Å²) >= 11 is 15.8. The second-order valence-corrected chi connectivity index (χ2v) is 8.43. The van der Waals surface area contributed by atoms with Gasteiger partial charge in [-0.1, -0.05) is 53.5 Å². The van der Waals surface area contributed by atoms with Crippen LogP contribution in [0.5, 0.6) is 0 Å². The fourth-order valence-corrected chi connectivity index (χ4v) is 5.14. The molecule has 5 heteroatoms. The molecule has 4 aromatic rings. The summed E-state index contributed by atoms with van der Waals surface area (Å²) in [4.78, 5) is 7.31. The minimum absolute atomic E-state index is 0.716. The van der Waals surface area contributed by atoms with Crippen molar-refractivity contribution >= 4 is 45.9 Å². The maximum Gasteiger partial charge on any atom is 0.126 e. The zero-order valence-electron chi connectivity index (χ0n) is 13.3.